The van der Waals surface area contributed by atoms with E-state index in [0.717, 1.165) is 17.1 Å². The van der Waals surface area contributed by atoms with Crippen molar-refractivity contribution < 1.29 is 4.79 Å². The first kappa shape index (κ1) is 11.0. The van der Waals surface area contributed by atoms with E-state index in [-0.39, 0.29) is 5.91 Å². The molecule has 1 aromatic rings. The zero-order chi connectivity index (χ0) is 11.1. The summed E-state index contributed by atoms with van der Waals surface area (Å²) in [5, 5.41) is 0.578. The number of nitrogens with zero attached hydrogens (tertiary/aromatic N) is 1. The fourth-order valence-corrected chi connectivity index (χ4v) is 3.16. The van der Waals surface area contributed by atoms with Crippen LogP contribution in [0.1, 0.15) is 5.56 Å². The fourth-order valence-electron chi connectivity index (χ4n) is 1.69. The lowest BCUT2D eigenvalue weighted by atomic mass is 10.2. The van der Waals surface area contributed by atoms with Gasteiger partial charge in [-0.1, -0.05) is 23.4 Å². The van der Waals surface area contributed by atoms with Gasteiger partial charge in [-0.25, -0.2) is 9.28 Å². The molecule has 1 atom stereocenters. The fraction of sp³-hybridized carbons (Fsp3) is 0.364. The molecule has 1 aromatic carbocycles. The molecule has 0 spiro atoms. The third-order valence-electron chi connectivity index (χ3n) is 2.65. The van der Waals surface area contributed by atoms with Crippen molar-refractivity contribution in [3.05, 3.63) is 28.8 Å². The number of halogens is 1. The second kappa shape index (κ2) is 3.81. The van der Waals surface area contributed by atoms with E-state index >= 15 is 0 Å². The third kappa shape index (κ3) is 1.92. The van der Waals surface area contributed by atoms with Crippen LogP contribution >= 0.6 is 23.4 Å². The molecule has 1 radical (unpaired) electrons. The maximum Gasteiger partial charge on any atom is 0.329 e. The van der Waals surface area contributed by atoms with E-state index in [1.807, 2.05) is 26.1 Å². The molecule has 1 heterocycles. The molecule has 0 aromatic heterocycles. The Morgan fingerprint density at radius 2 is 2.27 bits per heavy atom. The average Bonchev–Trinajstić information content (AvgIpc) is 2.47. The predicted molar refractivity (Wildman–Crippen MR) is 65.1 cm³/mol. The normalized spacial score (nSPS) is 25.9. The number of hydrogen-bond donors (Lipinski definition) is 0. The van der Waals surface area contributed by atoms with Gasteiger partial charge in [0.2, 0.25) is 0 Å². The molecule has 0 saturated carbocycles. The molecule has 0 bridgehead atoms. The van der Waals surface area contributed by atoms with Crippen LogP contribution in [0.3, 0.4) is 0 Å². The first-order chi connectivity index (χ1) is 7.02. The summed E-state index contributed by atoms with van der Waals surface area (Å²) in [7, 11) is 1.94. The van der Waals surface area contributed by atoms with Crippen LogP contribution in [-0.4, -0.2) is 24.6 Å². The van der Waals surface area contributed by atoms with Gasteiger partial charge in [0.1, 0.15) is 17.3 Å². The Balaban J connectivity index is 2.48. The zero-order valence-corrected chi connectivity index (χ0v) is 10.3. The van der Waals surface area contributed by atoms with Crippen LogP contribution in [0.25, 0.3) is 0 Å². The Morgan fingerprint density at radius 3 is 2.80 bits per heavy atom. The average molecular weight is 242 g/mol. The van der Waals surface area contributed by atoms with E-state index in [4.69, 9.17) is 11.6 Å². The van der Waals surface area contributed by atoms with Crippen LogP contribution < -0.4 is 4.48 Å². The Morgan fingerprint density at radius 1 is 1.53 bits per heavy atom. The maximum atomic E-state index is 11.8. The summed E-state index contributed by atoms with van der Waals surface area (Å²) in [6.45, 7) is 1.94. The summed E-state index contributed by atoms with van der Waals surface area (Å²) in [4.78, 5) is 11.8. The van der Waals surface area contributed by atoms with Crippen LogP contribution in [0, 0.1) is 13.0 Å². The number of benzene rings is 1. The van der Waals surface area contributed by atoms with Gasteiger partial charge in [-0.3, -0.25) is 0 Å². The number of amides is 1. The lowest BCUT2D eigenvalue weighted by Gasteiger charge is -2.25. The Kier molecular flexibility index (Phi) is 2.79. The SMILES string of the molecule is Cc1[c]c(Cl)cc([N+]2(C)CSCC2=O)c1. The van der Waals surface area contributed by atoms with Gasteiger partial charge in [0, 0.05) is 18.2 Å². The molecule has 4 heteroatoms. The topological polar surface area (TPSA) is 17.1 Å². The van der Waals surface area contributed by atoms with Crippen LogP contribution in [0.4, 0.5) is 5.69 Å². The van der Waals surface area contributed by atoms with E-state index in [2.05, 4.69) is 6.07 Å². The van der Waals surface area contributed by atoms with Gasteiger partial charge in [0.15, 0.2) is 0 Å². The van der Waals surface area contributed by atoms with Gasteiger partial charge >= 0.3 is 5.91 Å². The van der Waals surface area contributed by atoms with Crippen molar-refractivity contribution in [2.24, 2.45) is 0 Å². The highest BCUT2D eigenvalue weighted by Crippen LogP contribution is 2.32. The molecule has 0 N–H and O–H groups in total. The lowest BCUT2D eigenvalue weighted by molar-refractivity contribution is -0.124. The highest BCUT2D eigenvalue weighted by molar-refractivity contribution is 8.00. The number of aryl methyl sites for hydroxylation is 1. The van der Waals surface area contributed by atoms with Gasteiger partial charge in [0.25, 0.3) is 0 Å². The van der Waals surface area contributed by atoms with Crippen molar-refractivity contribution in [3.8, 4) is 0 Å². The first-order valence-electron chi connectivity index (χ1n) is 4.69. The van der Waals surface area contributed by atoms with E-state index in [9.17, 15) is 4.79 Å². The molecule has 2 nitrogen and oxygen atoms in total. The molecule has 1 fully saturated rings. The molecule has 1 saturated heterocycles. The summed E-state index contributed by atoms with van der Waals surface area (Å²) in [6.07, 6.45) is 0. The van der Waals surface area contributed by atoms with E-state index in [1.54, 1.807) is 11.8 Å². The lowest BCUT2D eigenvalue weighted by Crippen LogP contribution is -2.46. The minimum atomic E-state index is 0.238. The Bertz CT molecular complexity index is 401. The van der Waals surface area contributed by atoms with Crippen molar-refractivity contribution in [2.45, 2.75) is 6.92 Å². The summed E-state index contributed by atoms with van der Waals surface area (Å²) in [5.41, 5.74) is 1.94. The van der Waals surface area contributed by atoms with Crippen LogP contribution in [-0.2, 0) is 4.79 Å². The monoisotopic (exact) mass is 241 g/mol. The molecule has 1 aliphatic rings. The molecule has 15 heavy (non-hydrogen) atoms. The van der Waals surface area contributed by atoms with Crippen molar-refractivity contribution in [3.63, 3.8) is 0 Å². The largest absolute Gasteiger partial charge is 0.329 e. The van der Waals surface area contributed by atoms with Gasteiger partial charge in [-0.05, 0) is 12.5 Å². The van der Waals surface area contributed by atoms with Crippen LogP contribution in [0.15, 0.2) is 12.1 Å². The number of thioether (sulfide) groups is 1. The van der Waals surface area contributed by atoms with Gasteiger partial charge in [0.05, 0.1) is 12.1 Å². The number of carbonyl (C=O) groups excluding carboxylic acids is 1. The minimum absolute atomic E-state index is 0.238. The Hall–Kier alpha value is -0.510. The van der Waals surface area contributed by atoms with Gasteiger partial charge in [-0.2, -0.15) is 0 Å². The first-order valence-corrected chi connectivity index (χ1v) is 6.22. The Labute approximate surface area is 98.8 Å². The van der Waals surface area contributed by atoms with Gasteiger partial charge in [-0.15, -0.1) is 0 Å². The van der Waals surface area contributed by atoms with Crippen LogP contribution in [0.2, 0.25) is 5.02 Å². The smallest absolute Gasteiger partial charge is 0.229 e. The summed E-state index contributed by atoms with van der Waals surface area (Å²) >= 11 is 7.62. The molecule has 1 unspecified atom stereocenters. The molecule has 0 aliphatic carbocycles. The molecular weight excluding hydrogens is 230 g/mol. The maximum absolute atomic E-state index is 11.8. The van der Waals surface area contributed by atoms with Crippen molar-refractivity contribution in [1.29, 1.82) is 0 Å². The van der Waals surface area contributed by atoms with E-state index in [0.29, 0.717) is 15.3 Å². The number of hydrogen-bond acceptors (Lipinski definition) is 2. The van der Waals surface area contributed by atoms with Crippen molar-refractivity contribution in [1.82, 2.24) is 4.48 Å². The zero-order valence-electron chi connectivity index (χ0n) is 8.71. The predicted octanol–water partition coefficient (Wildman–Crippen LogP) is 2.62. The van der Waals surface area contributed by atoms with Crippen molar-refractivity contribution >= 4 is 35.0 Å². The third-order valence-corrected chi connectivity index (χ3v) is 4.00. The van der Waals surface area contributed by atoms with E-state index in [1.165, 1.54) is 0 Å². The highest BCUT2D eigenvalue weighted by atomic mass is 35.5. The standard InChI is InChI=1S/C11H12ClNOS/c1-8-3-9(12)5-10(4-8)13(2)7-15-6-11(13)14/h4-5H,6-7H2,1-2H3/q+1. The second-order valence-corrected chi connectivity index (χ2v) is 5.29. The molecule has 1 amide bonds. The van der Waals surface area contributed by atoms with Crippen molar-refractivity contribution in [2.75, 3.05) is 18.7 Å². The number of carbonyl (C=O) groups is 1. The van der Waals surface area contributed by atoms with E-state index < -0.39 is 0 Å². The summed E-state index contributed by atoms with van der Waals surface area (Å²) < 4.78 is 0.347. The summed E-state index contributed by atoms with van der Waals surface area (Å²) in [5.74, 6) is 1.62. The summed E-state index contributed by atoms with van der Waals surface area (Å²) in [6, 6.07) is 6.82. The molecule has 2 rings (SSSR count). The number of rotatable bonds is 1. The number of quaternary nitrogens is 1. The molecule has 1 aliphatic heterocycles. The second-order valence-electron chi connectivity index (χ2n) is 3.93. The highest BCUT2D eigenvalue weighted by Gasteiger charge is 2.40. The van der Waals surface area contributed by atoms with Gasteiger partial charge < -0.3 is 0 Å². The van der Waals surface area contributed by atoms with Crippen LogP contribution in [0.5, 0.6) is 0 Å². The molecular formula is C11H12ClNOS+. The minimum Gasteiger partial charge on any atom is -0.229 e. The quantitative estimate of drug-likeness (QED) is 0.704. The molecule has 79 valence electrons.